The first-order valence-corrected chi connectivity index (χ1v) is 10.9. The molecule has 0 aliphatic carbocycles. The van der Waals surface area contributed by atoms with E-state index in [1.165, 1.54) is 28.7 Å². The molecule has 1 heterocycles. The van der Waals surface area contributed by atoms with Crippen LogP contribution in [-0.4, -0.2) is 21.9 Å². The van der Waals surface area contributed by atoms with Crippen molar-refractivity contribution in [1.82, 2.24) is 10.2 Å². The van der Waals surface area contributed by atoms with Gasteiger partial charge in [-0.25, -0.2) is 0 Å². The van der Waals surface area contributed by atoms with E-state index in [2.05, 4.69) is 46.8 Å². The number of amides is 1. The summed E-state index contributed by atoms with van der Waals surface area (Å²) in [6.45, 7) is 8.33. The predicted octanol–water partition coefficient (Wildman–Crippen LogP) is 5.75. The van der Waals surface area contributed by atoms with Gasteiger partial charge >= 0.3 is 0 Å². The summed E-state index contributed by atoms with van der Waals surface area (Å²) < 4.78 is 0.762. The van der Waals surface area contributed by atoms with E-state index in [4.69, 9.17) is 0 Å². The Morgan fingerprint density at radius 2 is 1.75 bits per heavy atom. The van der Waals surface area contributed by atoms with Crippen molar-refractivity contribution in [2.75, 3.05) is 16.4 Å². The van der Waals surface area contributed by atoms with Gasteiger partial charge in [0.1, 0.15) is 0 Å². The fourth-order valence-corrected chi connectivity index (χ4v) is 4.28. The van der Waals surface area contributed by atoms with Gasteiger partial charge in [-0.1, -0.05) is 67.3 Å². The van der Waals surface area contributed by atoms with Crippen molar-refractivity contribution in [1.29, 1.82) is 0 Å². The number of aryl methyl sites for hydroxylation is 2. The fourth-order valence-electron chi connectivity index (χ4n) is 2.71. The van der Waals surface area contributed by atoms with Crippen molar-refractivity contribution in [2.45, 2.75) is 38.0 Å². The predicted molar refractivity (Wildman–Crippen MR) is 119 cm³/mol. The smallest absolute Gasteiger partial charge is 0.234 e. The Hall–Kier alpha value is -2.38. The van der Waals surface area contributed by atoms with Crippen LogP contribution in [0, 0.1) is 13.8 Å². The normalized spacial score (nSPS) is 10.9. The highest BCUT2D eigenvalue weighted by molar-refractivity contribution is 8.01. The molecule has 28 heavy (non-hydrogen) atoms. The number of hydrogen-bond donors (Lipinski definition) is 2. The van der Waals surface area contributed by atoms with Crippen molar-refractivity contribution >= 4 is 45.5 Å². The fraction of sp³-hybridized carbons (Fsp3) is 0.286. The Bertz CT molecular complexity index is 931. The second-order valence-corrected chi connectivity index (χ2v) is 9.08. The lowest BCUT2D eigenvalue weighted by atomic mass is 10.0. The first kappa shape index (κ1) is 20.4. The summed E-state index contributed by atoms with van der Waals surface area (Å²) >= 11 is 2.83. The minimum absolute atomic E-state index is 0.0450. The third-order valence-electron chi connectivity index (χ3n) is 4.31. The summed E-state index contributed by atoms with van der Waals surface area (Å²) in [5, 5.41) is 15.3. The molecule has 0 radical (unpaired) electrons. The molecule has 0 unspecified atom stereocenters. The molecule has 0 aliphatic rings. The van der Waals surface area contributed by atoms with Crippen LogP contribution in [0.1, 0.15) is 36.5 Å². The van der Waals surface area contributed by atoms with Gasteiger partial charge in [-0.15, -0.1) is 10.2 Å². The first-order chi connectivity index (χ1) is 13.4. The number of para-hydroxylation sites is 1. The van der Waals surface area contributed by atoms with Gasteiger partial charge in [0.2, 0.25) is 11.0 Å². The number of aromatic nitrogens is 2. The highest BCUT2D eigenvalue weighted by atomic mass is 32.2. The first-order valence-electron chi connectivity index (χ1n) is 9.11. The van der Waals surface area contributed by atoms with E-state index in [0.29, 0.717) is 11.7 Å². The largest absolute Gasteiger partial charge is 0.330 e. The van der Waals surface area contributed by atoms with Gasteiger partial charge < -0.3 is 10.6 Å². The summed E-state index contributed by atoms with van der Waals surface area (Å²) in [7, 11) is 0. The van der Waals surface area contributed by atoms with Gasteiger partial charge in [0.15, 0.2) is 4.34 Å². The highest BCUT2D eigenvalue weighted by Gasteiger charge is 2.11. The van der Waals surface area contributed by atoms with E-state index in [0.717, 1.165) is 32.0 Å². The van der Waals surface area contributed by atoms with Crippen LogP contribution in [0.15, 0.2) is 46.8 Å². The van der Waals surface area contributed by atoms with Crippen LogP contribution in [0.2, 0.25) is 0 Å². The van der Waals surface area contributed by atoms with Gasteiger partial charge in [0, 0.05) is 11.4 Å². The molecule has 1 amide bonds. The van der Waals surface area contributed by atoms with Crippen LogP contribution in [0.25, 0.3) is 0 Å². The van der Waals surface area contributed by atoms with Crippen molar-refractivity contribution in [3.63, 3.8) is 0 Å². The Morgan fingerprint density at radius 3 is 2.39 bits per heavy atom. The van der Waals surface area contributed by atoms with E-state index < -0.39 is 0 Å². The molecule has 146 valence electrons. The summed E-state index contributed by atoms with van der Waals surface area (Å²) in [5.41, 5.74) is 5.28. The number of carbonyl (C=O) groups is 1. The minimum Gasteiger partial charge on any atom is -0.330 e. The number of anilines is 3. The molecule has 1 aromatic heterocycles. The van der Waals surface area contributed by atoms with Crippen LogP contribution in [-0.2, 0) is 4.79 Å². The number of benzene rings is 2. The highest BCUT2D eigenvalue weighted by Crippen LogP contribution is 2.28. The second-order valence-electron chi connectivity index (χ2n) is 6.88. The number of nitrogens with one attached hydrogen (secondary N) is 2. The minimum atomic E-state index is -0.0450. The average molecular weight is 413 g/mol. The zero-order chi connectivity index (χ0) is 20.1. The van der Waals surface area contributed by atoms with Crippen molar-refractivity contribution in [2.24, 2.45) is 0 Å². The summed E-state index contributed by atoms with van der Waals surface area (Å²) in [5.74, 6) is 0.760. The van der Waals surface area contributed by atoms with Gasteiger partial charge in [0.25, 0.3) is 0 Å². The number of carbonyl (C=O) groups excluding carboxylic acids is 1. The maximum atomic E-state index is 12.3. The number of nitrogens with zero attached hydrogens (tertiary/aromatic N) is 2. The van der Waals surface area contributed by atoms with E-state index in [1.807, 2.05) is 44.2 Å². The van der Waals surface area contributed by atoms with Crippen molar-refractivity contribution in [3.05, 3.63) is 59.2 Å². The third kappa shape index (κ3) is 5.33. The molecule has 3 aromatic rings. The van der Waals surface area contributed by atoms with E-state index in [9.17, 15) is 4.79 Å². The monoisotopic (exact) mass is 412 g/mol. The number of thioether (sulfide) groups is 1. The molecule has 0 saturated carbocycles. The van der Waals surface area contributed by atoms with E-state index in [-0.39, 0.29) is 5.91 Å². The topological polar surface area (TPSA) is 66.9 Å². The third-order valence-corrected chi connectivity index (χ3v) is 6.28. The second kappa shape index (κ2) is 9.21. The Balaban J connectivity index is 1.53. The molecule has 0 aliphatic heterocycles. The number of rotatable bonds is 7. The van der Waals surface area contributed by atoms with E-state index in [1.54, 1.807) is 0 Å². The lowest BCUT2D eigenvalue weighted by Gasteiger charge is -2.10. The molecule has 2 N–H and O–H groups in total. The van der Waals surface area contributed by atoms with Gasteiger partial charge in [-0.05, 0) is 48.6 Å². The quantitative estimate of drug-likeness (QED) is 0.484. The Kier molecular flexibility index (Phi) is 6.70. The van der Waals surface area contributed by atoms with Gasteiger partial charge in [-0.3, -0.25) is 4.79 Å². The lowest BCUT2D eigenvalue weighted by Crippen LogP contribution is -2.15. The molecule has 0 bridgehead atoms. The van der Waals surface area contributed by atoms with Gasteiger partial charge in [-0.2, -0.15) is 0 Å². The van der Waals surface area contributed by atoms with Crippen LogP contribution < -0.4 is 10.6 Å². The summed E-state index contributed by atoms with van der Waals surface area (Å²) in [6.07, 6.45) is 0. The molecule has 3 rings (SSSR count). The summed E-state index contributed by atoms with van der Waals surface area (Å²) in [4.78, 5) is 12.3. The Labute approximate surface area is 174 Å². The SMILES string of the molecule is Cc1cccc(C)c1NC(=O)CSc1nnc(Nc2ccc(C(C)C)cc2)s1. The summed E-state index contributed by atoms with van der Waals surface area (Å²) in [6, 6.07) is 14.3. The van der Waals surface area contributed by atoms with Crippen LogP contribution in [0.5, 0.6) is 0 Å². The van der Waals surface area contributed by atoms with E-state index >= 15 is 0 Å². The van der Waals surface area contributed by atoms with Crippen LogP contribution in [0.3, 0.4) is 0 Å². The maximum Gasteiger partial charge on any atom is 0.234 e. The lowest BCUT2D eigenvalue weighted by molar-refractivity contribution is -0.113. The average Bonchev–Trinajstić information content (AvgIpc) is 3.11. The van der Waals surface area contributed by atoms with Crippen LogP contribution >= 0.6 is 23.1 Å². The molecule has 7 heteroatoms. The van der Waals surface area contributed by atoms with Crippen LogP contribution in [0.4, 0.5) is 16.5 Å². The zero-order valence-corrected chi connectivity index (χ0v) is 18.1. The molecule has 0 saturated heterocycles. The molecule has 0 atom stereocenters. The molecule has 0 spiro atoms. The molecule has 5 nitrogen and oxygen atoms in total. The maximum absolute atomic E-state index is 12.3. The standard InChI is InChI=1S/C21H24N4OS2/c1-13(2)16-8-10-17(11-9-16)22-20-24-25-21(28-20)27-12-18(26)23-19-14(3)6-5-7-15(19)4/h5-11,13H,12H2,1-4H3,(H,22,24)(H,23,26). The molecular weight excluding hydrogens is 388 g/mol. The Morgan fingerprint density at radius 1 is 1.07 bits per heavy atom. The van der Waals surface area contributed by atoms with Crippen molar-refractivity contribution in [3.8, 4) is 0 Å². The molecule has 2 aromatic carbocycles. The van der Waals surface area contributed by atoms with Gasteiger partial charge in [0.05, 0.1) is 5.75 Å². The number of hydrogen-bond acceptors (Lipinski definition) is 6. The molecular formula is C21H24N4OS2. The zero-order valence-electron chi connectivity index (χ0n) is 16.4. The van der Waals surface area contributed by atoms with Crippen molar-refractivity contribution < 1.29 is 4.79 Å². The molecule has 0 fully saturated rings.